The second-order valence-electron chi connectivity index (χ2n) is 10.8. The molecule has 2 nitrogen and oxygen atoms in total. The van der Waals surface area contributed by atoms with Gasteiger partial charge < -0.3 is 0 Å². The Morgan fingerprint density at radius 3 is 0.568 bits per heavy atom. The first kappa shape index (κ1) is 33.6. The summed E-state index contributed by atoms with van der Waals surface area (Å²) in [5.41, 5.74) is 6.85. The third-order valence-corrected chi connectivity index (χ3v) is 7.94. The number of hydrogen-bond acceptors (Lipinski definition) is 2. The van der Waals surface area contributed by atoms with Crippen LogP contribution in [0.15, 0.2) is 152 Å². The van der Waals surface area contributed by atoms with Crippen molar-refractivity contribution in [2.45, 2.75) is 32.1 Å². The van der Waals surface area contributed by atoms with Gasteiger partial charge in [0.1, 0.15) is 0 Å². The summed E-state index contributed by atoms with van der Waals surface area (Å²) in [4.78, 5) is 0. The van der Waals surface area contributed by atoms with E-state index in [4.69, 9.17) is 6.80 Å². The van der Waals surface area contributed by atoms with E-state index < -0.39 is 18.5 Å². The van der Waals surface area contributed by atoms with Crippen LogP contribution in [0.5, 0.6) is 0 Å². The van der Waals surface area contributed by atoms with Crippen molar-refractivity contribution in [1.82, 2.24) is 0 Å². The predicted octanol–water partition coefficient (Wildman–Crippen LogP) is 9.27. The summed E-state index contributed by atoms with van der Waals surface area (Å²) >= 11 is -2.03. The van der Waals surface area contributed by atoms with E-state index in [9.17, 15) is 0 Å². The maximum atomic E-state index is 8.50. The molecule has 0 spiro atoms. The molecule has 0 bridgehead atoms. The van der Waals surface area contributed by atoms with Crippen LogP contribution in [0.4, 0.5) is 0 Å². The molecule has 5 aromatic carbocycles. The number of rotatable bonds is 10. The van der Waals surface area contributed by atoms with Gasteiger partial charge >= 0.3 is 25.3 Å². The Hall–Kier alpha value is -3.32. The van der Waals surface area contributed by atoms with Gasteiger partial charge in [-0.15, -0.1) is 12.4 Å². The first-order valence-electron chi connectivity index (χ1n) is 14.7. The number of benzene rings is 5. The quantitative estimate of drug-likeness (QED) is 0.138. The summed E-state index contributed by atoms with van der Waals surface area (Å²) in [5.74, 6) is 7.55. The van der Waals surface area contributed by atoms with Crippen molar-refractivity contribution in [3.63, 3.8) is 0 Å². The number of halogens is 1. The Morgan fingerprint density at radius 1 is 0.295 bits per heavy atom. The zero-order valence-electron chi connectivity index (χ0n) is 24.6. The second-order valence-corrected chi connectivity index (χ2v) is 11.1. The van der Waals surface area contributed by atoms with Crippen molar-refractivity contribution in [3.05, 3.63) is 209 Å². The first-order valence-corrected chi connectivity index (χ1v) is 16.3. The van der Waals surface area contributed by atoms with Crippen molar-refractivity contribution < 1.29 is 25.3 Å². The minimum atomic E-state index is -2.03. The van der Waals surface area contributed by atoms with E-state index >= 15 is 0 Å². The largest absolute Gasteiger partial charge is 0.0622 e. The van der Waals surface area contributed by atoms with Crippen LogP contribution in [0.2, 0.25) is 0 Å². The zero-order chi connectivity index (χ0) is 29.7. The van der Waals surface area contributed by atoms with Crippen molar-refractivity contribution in [2.24, 2.45) is 0 Å². The summed E-state index contributed by atoms with van der Waals surface area (Å²) in [6.07, 6.45) is 4.73. The van der Waals surface area contributed by atoms with Crippen LogP contribution < -0.4 is 0 Å². The maximum Gasteiger partial charge on any atom is -0.00430 e. The fraction of sp³-hybridized carbons (Fsp3) is 0.125. The van der Waals surface area contributed by atoms with E-state index in [1.54, 1.807) is 0 Å². The molecule has 1 saturated carbocycles. The predicted molar refractivity (Wildman–Crippen MR) is 176 cm³/mol. The van der Waals surface area contributed by atoms with E-state index in [1.807, 2.05) is 0 Å². The van der Waals surface area contributed by atoms with Crippen LogP contribution in [0.1, 0.15) is 27.8 Å². The van der Waals surface area contributed by atoms with E-state index in [0.29, 0.717) is 0 Å². The molecule has 0 heterocycles. The summed E-state index contributed by atoms with van der Waals surface area (Å²) < 4.78 is 17.0. The van der Waals surface area contributed by atoms with E-state index in [-0.39, 0.29) is 12.4 Å². The standard InChI is InChI=1S/C40H35.ClH.Mo.2O/c1-6-16-31(17-7-1)26-36-37(27-32-18-8-2-9-19-32)39(29-34-22-12-4-13-23-34)40(30-35-24-14-5-15-25-35)38(36)28-33-20-10-3-11-21-33;;;;/h1-25H,26-30H2;1H;;;. The molecule has 1 aliphatic carbocycles. The first-order chi connectivity index (χ1) is 21.2. The normalized spacial score (nSPS) is 14.4. The molecule has 4 heteroatoms. The van der Waals surface area contributed by atoms with Crippen molar-refractivity contribution in [1.29, 1.82) is 0 Å². The van der Waals surface area contributed by atoms with Gasteiger partial charge in [0.2, 0.25) is 0 Å². The van der Waals surface area contributed by atoms with Crippen LogP contribution in [0, 0.1) is 29.6 Å². The van der Waals surface area contributed by atoms with Crippen LogP contribution in [0.3, 0.4) is 0 Å². The Labute approximate surface area is 277 Å². The van der Waals surface area contributed by atoms with Gasteiger partial charge in [-0.2, -0.15) is 0 Å². The molecule has 44 heavy (non-hydrogen) atoms. The summed E-state index contributed by atoms with van der Waals surface area (Å²) in [6, 6.07) is 55.0. The van der Waals surface area contributed by atoms with Gasteiger partial charge in [0.05, 0.1) is 0 Å². The third kappa shape index (κ3) is 9.34. The van der Waals surface area contributed by atoms with Gasteiger partial charge in [0.25, 0.3) is 0 Å². The van der Waals surface area contributed by atoms with Crippen molar-refractivity contribution in [2.75, 3.05) is 0 Å². The molecule has 6 rings (SSSR count). The van der Waals surface area contributed by atoms with Crippen molar-refractivity contribution in [3.8, 4) is 0 Å². The fourth-order valence-corrected chi connectivity index (χ4v) is 5.98. The molecular weight excluding hydrogens is 644 g/mol. The monoisotopic (exact) mass is 681 g/mol. The number of hydrogen-bond donors (Lipinski definition) is 0. The minimum absolute atomic E-state index is 0. The molecule has 0 unspecified atom stereocenters. The summed E-state index contributed by atoms with van der Waals surface area (Å²) in [6.45, 7) is 0. The molecule has 0 saturated heterocycles. The van der Waals surface area contributed by atoms with Crippen LogP contribution in [0.25, 0.3) is 0 Å². The van der Waals surface area contributed by atoms with Gasteiger partial charge in [-0.25, -0.2) is 0 Å². The average Bonchev–Trinajstić information content (AvgIpc) is 3.29. The Bertz CT molecular complexity index is 1250. The Balaban J connectivity index is 0.00000106. The van der Waals surface area contributed by atoms with Gasteiger partial charge in [-0.1, -0.05) is 152 Å². The Morgan fingerprint density at radius 2 is 0.432 bits per heavy atom. The summed E-state index contributed by atoms with van der Waals surface area (Å²) in [5, 5.41) is 0. The second kappa shape index (κ2) is 17.8. The molecule has 5 radical (unpaired) electrons. The SMILES string of the molecule is Cl.[O]=[Mo]=[O].c1ccc(C[C]2[C](Cc3ccccc3)[C](Cc3ccccc3)[C](Cc3ccccc3)[C]2Cc2ccccc2)cc1. The maximum absolute atomic E-state index is 8.50. The molecule has 0 atom stereocenters. The van der Waals surface area contributed by atoms with Gasteiger partial charge in [0, 0.05) is 0 Å². The van der Waals surface area contributed by atoms with Crippen molar-refractivity contribution >= 4 is 12.4 Å². The van der Waals surface area contributed by atoms with E-state index in [1.165, 1.54) is 57.4 Å². The molecular formula is C40H36ClMoO2. The van der Waals surface area contributed by atoms with E-state index in [0.717, 1.165) is 32.1 Å². The molecule has 0 amide bonds. The van der Waals surface area contributed by atoms with Crippen LogP contribution >= 0.6 is 12.4 Å². The third-order valence-electron chi connectivity index (χ3n) is 7.94. The summed E-state index contributed by atoms with van der Waals surface area (Å²) in [7, 11) is 0. The topological polar surface area (TPSA) is 34.1 Å². The molecule has 0 aliphatic heterocycles. The fourth-order valence-electron chi connectivity index (χ4n) is 5.98. The van der Waals surface area contributed by atoms with Gasteiger partial charge in [-0.05, 0) is 89.5 Å². The van der Waals surface area contributed by atoms with Crippen LogP contribution in [-0.2, 0) is 57.4 Å². The molecule has 1 fully saturated rings. The van der Waals surface area contributed by atoms with Crippen LogP contribution in [-0.4, -0.2) is 0 Å². The minimum Gasteiger partial charge on any atom is -0.0622 e. The van der Waals surface area contributed by atoms with Gasteiger partial charge in [-0.3, -0.25) is 0 Å². The molecule has 0 N–H and O–H groups in total. The van der Waals surface area contributed by atoms with E-state index in [2.05, 4.69) is 152 Å². The molecule has 5 aromatic rings. The zero-order valence-corrected chi connectivity index (χ0v) is 27.4. The van der Waals surface area contributed by atoms with Gasteiger partial charge in [0.15, 0.2) is 0 Å². The molecule has 1 aliphatic rings. The molecule has 221 valence electrons. The molecule has 0 aromatic heterocycles. The Kier molecular flexibility index (Phi) is 13.6. The smallest absolute Gasteiger partial charge is 0.00430 e. The average molecular weight is 680 g/mol.